The topological polar surface area (TPSA) is 91.8 Å². The number of carbonyl (C=O) groups excluding carboxylic acids is 3. The van der Waals surface area contributed by atoms with Gasteiger partial charge < -0.3 is 10.0 Å². The van der Waals surface area contributed by atoms with E-state index in [1.165, 1.54) is 4.90 Å². The zero-order valence-electron chi connectivity index (χ0n) is 18.7. The molecule has 6 nitrogen and oxygen atoms in total. The van der Waals surface area contributed by atoms with Crippen molar-refractivity contribution < 1.29 is 24.3 Å². The molecule has 2 unspecified atom stereocenters. The van der Waals surface area contributed by atoms with Gasteiger partial charge in [0, 0.05) is 29.8 Å². The highest BCUT2D eigenvalue weighted by molar-refractivity contribution is 8.18. The molecule has 1 N–H and O–H groups in total. The highest BCUT2D eigenvalue weighted by Gasteiger charge is 2.38. The van der Waals surface area contributed by atoms with E-state index >= 15 is 0 Å². The minimum absolute atomic E-state index is 0.0420. The first-order valence-corrected chi connectivity index (χ1v) is 12.9. The molecule has 0 saturated carbocycles. The minimum atomic E-state index is -1.10. The SMILES string of the molecule is O=C(SCC(SC(=O)c1ccccc1)C(=O)N1Cc2ccccc2CC1C(=O)O)c1ccccc1. The zero-order chi connectivity index (χ0) is 24.8. The van der Waals surface area contributed by atoms with Crippen molar-refractivity contribution in [3.05, 3.63) is 107 Å². The summed E-state index contributed by atoms with van der Waals surface area (Å²) in [4.78, 5) is 52.7. The third-order valence-corrected chi connectivity index (χ3v) is 8.04. The van der Waals surface area contributed by atoms with Gasteiger partial charge in [0.2, 0.25) is 16.1 Å². The number of rotatable bonds is 7. The number of carboxylic acid groups (broad SMARTS) is 1. The Labute approximate surface area is 211 Å². The van der Waals surface area contributed by atoms with Gasteiger partial charge in [-0.2, -0.15) is 0 Å². The molecule has 1 amide bonds. The maximum absolute atomic E-state index is 13.7. The van der Waals surface area contributed by atoms with Gasteiger partial charge in [-0.05, 0) is 11.1 Å². The molecule has 4 rings (SSSR count). The van der Waals surface area contributed by atoms with Gasteiger partial charge in [0.25, 0.3) is 0 Å². The second-order valence-corrected chi connectivity index (χ2v) is 10.2. The lowest BCUT2D eigenvalue weighted by molar-refractivity contribution is -0.151. The molecule has 0 saturated heterocycles. The van der Waals surface area contributed by atoms with Crippen molar-refractivity contribution in [1.29, 1.82) is 0 Å². The molecule has 0 radical (unpaired) electrons. The predicted molar refractivity (Wildman–Crippen MR) is 138 cm³/mol. The largest absolute Gasteiger partial charge is 0.480 e. The van der Waals surface area contributed by atoms with Crippen LogP contribution in [0.2, 0.25) is 0 Å². The van der Waals surface area contributed by atoms with Crippen LogP contribution in [0.25, 0.3) is 0 Å². The van der Waals surface area contributed by atoms with E-state index in [9.17, 15) is 24.3 Å². The molecule has 1 aliphatic rings. The van der Waals surface area contributed by atoms with Gasteiger partial charge in [-0.3, -0.25) is 14.4 Å². The van der Waals surface area contributed by atoms with Gasteiger partial charge in [0.15, 0.2) is 0 Å². The summed E-state index contributed by atoms with van der Waals surface area (Å²) < 4.78 is 0. The van der Waals surface area contributed by atoms with Crippen LogP contribution in [0.1, 0.15) is 31.8 Å². The number of carbonyl (C=O) groups is 4. The lowest BCUT2D eigenvalue weighted by atomic mass is 9.93. The second kappa shape index (κ2) is 11.4. The Bertz CT molecular complexity index is 1230. The van der Waals surface area contributed by atoms with E-state index in [0.29, 0.717) is 11.1 Å². The Hall–Kier alpha value is -3.36. The number of hydrogen-bond donors (Lipinski definition) is 1. The molecule has 0 aromatic heterocycles. The summed E-state index contributed by atoms with van der Waals surface area (Å²) in [6.45, 7) is 0.139. The van der Waals surface area contributed by atoms with Crippen molar-refractivity contribution in [2.45, 2.75) is 24.3 Å². The van der Waals surface area contributed by atoms with Crippen LogP contribution < -0.4 is 0 Å². The van der Waals surface area contributed by atoms with E-state index in [2.05, 4.69) is 0 Å². The summed E-state index contributed by atoms with van der Waals surface area (Å²) in [6.07, 6.45) is 0.192. The van der Waals surface area contributed by atoms with Crippen LogP contribution in [0, 0.1) is 0 Å². The lowest BCUT2D eigenvalue weighted by Gasteiger charge is -2.36. The van der Waals surface area contributed by atoms with E-state index < -0.39 is 23.2 Å². The molecule has 8 heteroatoms. The summed E-state index contributed by atoms with van der Waals surface area (Å²) >= 11 is 1.79. The number of carboxylic acids is 1. The average Bonchev–Trinajstić information content (AvgIpc) is 2.90. The van der Waals surface area contributed by atoms with Gasteiger partial charge in [-0.15, -0.1) is 0 Å². The number of aliphatic carboxylic acids is 1. The monoisotopic (exact) mass is 505 g/mol. The molecule has 178 valence electrons. The van der Waals surface area contributed by atoms with Crippen LogP contribution in [-0.2, 0) is 22.6 Å². The Kier molecular flexibility index (Phi) is 8.05. The summed E-state index contributed by atoms with van der Waals surface area (Å²) in [5.41, 5.74) is 2.71. The van der Waals surface area contributed by atoms with Crippen LogP contribution in [-0.4, -0.2) is 49.2 Å². The molecule has 35 heavy (non-hydrogen) atoms. The highest BCUT2D eigenvalue weighted by Crippen LogP contribution is 2.30. The van der Waals surface area contributed by atoms with Gasteiger partial charge in [0.05, 0.1) is 0 Å². The molecule has 1 aliphatic heterocycles. The molecular formula is C27H23NO5S2. The zero-order valence-corrected chi connectivity index (χ0v) is 20.3. The fourth-order valence-corrected chi connectivity index (χ4v) is 5.89. The number of benzene rings is 3. The first-order valence-electron chi connectivity index (χ1n) is 11.0. The number of thioether (sulfide) groups is 2. The molecule has 0 spiro atoms. The van der Waals surface area contributed by atoms with Crippen LogP contribution >= 0.6 is 23.5 Å². The summed E-state index contributed by atoms with van der Waals surface area (Å²) in [5.74, 6) is -1.52. The van der Waals surface area contributed by atoms with Gasteiger partial charge in [-0.1, -0.05) is 108 Å². The maximum atomic E-state index is 13.7. The molecular weight excluding hydrogens is 482 g/mol. The fraction of sp³-hybridized carbons (Fsp3) is 0.185. The van der Waals surface area contributed by atoms with E-state index in [0.717, 1.165) is 34.7 Å². The molecule has 3 aromatic carbocycles. The molecule has 1 heterocycles. The summed E-state index contributed by atoms with van der Waals surface area (Å²) in [5, 5.41) is 8.42. The first-order chi connectivity index (χ1) is 16.9. The minimum Gasteiger partial charge on any atom is -0.480 e. The standard InChI is InChI=1S/C27H23NO5S2/c29-24(28-16-21-14-8-7-13-20(21)15-22(28)25(30)31)23(35-27(33)19-11-5-2-6-12-19)17-34-26(32)18-9-3-1-4-10-18/h1-14,22-23H,15-17H2,(H,30,31). The second-order valence-electron chi connectivity index (χ2n) is 8.02. The number of hydrogen-bond acceptors (Lipinski definition) is 6. The Balaban J connectivity index is 1.58. The quantitative estimate of drug-likeness (QED) is 0.504. The summed E-state index contributed by atoms with van der Waals surface area (Å²) in [7, 11) is 0. The van der Waals surface area contributed by atoms with E-state index in [4.69, 9.17) is 0 Å². The normalized spacial score (nSPS) is 15.7. The number of fused-ring (bicyclic) bond motifs is 1. The van der Waals surface area contributed by atoms with Gasteiger partial charge in [-0.25, -0.2) is 4.79 Å². The Morgan fingerprint density at radius 1 is 0.800 bits per heavy atom. The van der Waals surface area contributed by atoms with Gasteiger partial charge in [0.1, 0.15) is 11.3 Å². The van der Waals surface area contributed by atoms with Crippen molar-refractivity contribution in [2.24, 2.45) is 0 Å². The Morgan fingerprint density at radius 2 is 1.34 bits per heavy atom. The van der Waals surface area contributed by atoms with Crippen LogP contribution in [0.3, 0.4) is 0 Å². The molecule has 0 fully saturated rings. The molecule has 3 aromatic rings. The van der Waals surface area contributed by atoms with Gasteiger partial charge >= 0.3 is 5.97 Å². The van der Waals surface area contributed by atoms with E-state index in [-0.39, 0.29) is 28.9 Å². The number of nitrogens with zero attached hydrogens (tertiary/aromatic N) is 1. The summed E-state index contributed by atoms with van der Waals surface area (Å²) in [6, 6.07) is 23.7. The molecule has 0 aliphatic carbocycles. The van der Waals surface area contributed by atoms with Crippen molar-refractivity contribution in [1.82, 2.24) is 4.90 Å². The molecule has 0 bridgehead atoms. The third kappa shape index (κ3) is 6.01. The predicted octanol–water partition coefficient (Wildman–Crippen LogP) is 4.54. The van der Waals surface area contributed by atoms with E-state index in [1.54, 1.807) is 54.6 Å². The van der Waals surface area contributed by atoms with Crippen LogP contribution in [0.5, 0.6) is 0 Å². The smallest absolute Gasteiger partial charge is 0.326 e. The maximum Gasteiger partial charge on any atom is 0.326 e. The van der Waals surface area contributed by atoms with Crippen molar-refractivity contribution in [2.75, 3.05) is 5.75 Å². The third-order valence-electron chi connectivity index (χ3n) is 5.73. The first kappa shape index (κ1) is 24.8. The average molecular weight is 506 g/mol. The fourth-order valence-electron chi connectivity index (χ4n) is 3.90. The molecule has 2 atom stereocenters. The van der Waals surface area contributed by atoms with E-state index in [1.807, 2.05) is 30.3 Å². The lowest BCUT2D eigenvalue weighted by Crippen LogP contribution is -2.52. The number of amides is 1. The van der Waals surface area contributed by atoms with Crippen molar-refractivity contribution in [3.63, 3.8) is 0 Å². The van der Waals surface area contributed by atoms with Crippen molar-refractivity contribution >= 4 is 45.6 Å². The van der Waals surface area contributed by atoms with Crippen molar-refractivity contribution in [3.8, 4) is 0 Å². The van der Waals surface area contributed by atoms with Crippen LogP contribution in [0.15, 0.2) is 84.9 Å². The highest BCUT2D eigenvalue weighted by atomic mass is 32.2. The Morgan fingerprint density at radius 3 is 1.94 bits per heavy atom. The van der Waals surface area contributed by atoms with Crippen LogP contribution in [0.4, 0.5) is 0 Å².